The summed E-state index contributed by atoms with van der Waals surface area (Å²) in [5.74, 6) is -1.13. The average molecular weight is 515 g/mol. The van der Waals surface area contributed by atoms with Gasteiger partial charge in [-0.15, -0.1) is 0 Å². The zero-order valence-corrected chi connectivity index (χ0v) is 19.9. The van der Waals surface area contributed by atoms with Gasteiger partial charge in [0.2, 0.25) is 5.91 Å². The number of thiazole rings is 1. The SMILES string of the molecule is Cc1ccc(S(=O)(=O)CC(=O)N(Cc2ccccc2)c2nc3ccc(Br)cc3s2)cc1. The van der Waals surface area contributed by atoms with Gasteiger partial charge in [-0.3, -0.25) is 9.69 Å². The van der Waals surface area contributed by atoms with Crippen molar-refractivity contribution in [3.63, 3.8) is 0 Å². The van der Waals surface area contributed by atoms with Crippen LogP contribution >= 0.6 is 27.3 Å². The number of anilines is 1. The van der Waals surface area contributed by atoms with Gasteiger partial charge < -0.3 is 0 Å². The Morgan fingerprint density at radius 2 is 1.74 bits per heavy atom. The number of aryl methyl sites for hydroxylation is 1. The third-order valence-corrected chi connectivity index (χ3v) is 7.90. The topological polar surface area (TPSA) is 67.3 Å². The van der Waals surface area contributed by atoms with Gasteiger partial charge in [-0.05, 0) is 42.8 Å². The third-order valence-electron chi connectivity index (χ3n) is 4.75. The molecule has 1 amide bonds. The van der Waals surface area contributed by atoms with Crippen LogP contribution in [0.4, 0.5) is 5.13 Å². The molecule has 0 aliphatic heterocycles. The van der Waals surface area contributed by atoms with Crippen LogP contribution in [-0.4, -0.2) is 25.1 Å². The number of hydrogen-bond acceptors (Lipinski definition) is 5. The number of aromatic nitrogens is 1. The second-order valence-corrected chi connectivity index (χ2v) is 11.1. The maximum absolute atomic E-state index is 13.3. The quantitative estimate of drug-likeness (QED) is 0.346. The van der Waals surface area contributed by atoms with Crippen LogP contribution in [0.25, 0.3) is 10.2 Å². The molecule has 0 N–H and O–H groups in total. The molecular weight excluding hydrogens is 496 g/mol. The molecule has 1 heterocycles. The summed E-state index contributed by atoms with van der Waals surface area (Å²) in [4.78, 5) is 19.4. The normalized spacial score (nSPS) is 11.5. The molecule has 8 heteroatoms. The molecule has 31 heavy (non-hydrogen) atoms. The molecule has 1 aromatic heterocycles. The summed E-state index contributed by atoms with van der Waals surface area (Å²) in [6.07, 6.45) is 0. The van der Waals surface area contributed by atoms with E-state index in [-0.39, 0.29) is 11.4 Å². The Morgan fingerprint density at radius 1 is 1.03 bits per heavy atom. The Balaban J connectivity index is 1.69. The minimum Gasteiger partial charge on any atom is -0.283 e. The van der Waals surface area contributed by atoms with Crippen molar-refractivity contribution in [2.24, 2.45) is 0 Å². The molecule has 4 aromatic rings. The summed E-state index contributed by atoms with van der Waals surface area (Å²) in [5, 5.41) is 0.473. The largest absolute Gasteiger partial charge is 0.283 e. The Hall–Kier alpha value is -2.55. The first-order valence-electron chi connectivity index (χ1n) is 9.52. The van der Waals surface area contributed by atoms with Crippen LogP contribution in [0, 0.1) is 6.92 Å². The van der Waals surface area contributed by atoms with Crippen LogP contribution in [0.5, 0.6) is 0 Å². The van der Waals surface area contributed by atoms with E-state index >= 15 is 0 Å². The third kappa shape index (κ3) is 5.03. The fraction of sp³-hybridized carbons (Fsp3) is 0.130. The summed E-state index contributed by atoms with van der Waals surface area (Å²) < 4.78 is 27.6. The van der Waals surface area contributed by atoms with Crippen molar-refractivity contribution < 1.29 is 13.2 Å². The van der Waals surface area contributed by atoms with Crippen LogP contribution in [-0.2, 0) is 21.2 Å². The average Bonchev–Trinajstić information content (AvgIpc) is 3.15. The summed E-state index contributed by atoms with van der Waals surface area (Å²) in [7, 11) is -3.78. The maximum Gasteiger partial charge on any atom is 0.244 e. The lowest BCUT2D eigenvalue weighted by Gasteiger charge is -2.20. The molecule has 0 saturated carbocycles. The highest BCUT2D eigenvalue weighted by Crippen LogP contribution is 2.32. The number of nitrogens with zero attached hydrogens (tertiary/aromatic N) is 2. The van der Waals surface area contributed by atoms with Gasteiger partial charge in [0, 0.05) is 4.47 Å². The van der Waals surface area contributed by atoms with E-state index in [4.69, 9.17) is 0 Å². The maximum atomic E-state index is 13.3. The van der Waals surface area contributed by atoms with E-state index in [1.165, 1.54) is 28.4 Å². The molecule has 5 nitrogen and oxygen atoms in total. The van der Waals surface area contributed by atoms with E-state index in [0.29, 0.717) is 5.13 Å². The molecular formula is C23H19BrN2O3S2. The van der Waals surface area contributed by atoms with Crippen LogP contribution < -0.4 is 4.90 Å². The Morgan fingerprint density at radius 3 is 2.45 bits per heavy atom. The smallest absolute Gasteiger partial charge is 0.244 e. The predicted octanol–water partition coefficient (Wildman–Crippen LogP) is 5.37. The summed E-state index contributed by atoms with van der Waals surface area (Å²) in [5.41, 5.74) is 2.61. The summed E-state index contributed by atoms with van der Waals surface area (Å²) >= 11 is 4.81. The van der Waals surface area contributed by atoms with Gasteiger partial charge in [-0.1, -0.05) is 75.3 Å². The molecule has 0 bridgehead atoms. The van der Waals surface area contributed by atoms with E-state index in [1.807, 2.05) is 55.5 Å². The highest BCUT2D eigenvalue weighted by Gasteiger charge is 2.26. The molecule has 0 spiro atoms. The first kappa shape index (κ1) is 21.7. The van der Waals surface area contributed by atoms with Crippen molar-refractivity contribution in [1.29, 1.82) is 0 Å². The van der Waals surface area contributed by atoms with Crippen molar-refractivity contribution in [1.82, 2.24) is 4.98 Å². The Labute approximate surface area is 193 Å². The highest BCUT2D eigenvalue weighted by atomic mass is 79.9. The first-order valence-corrected chi connectivity index (χ1v) is 12.8. The molecule has 4 rings (SSSR count). The van der Waals surface area contributed by atoms with E-state index in [2.05, 4.69) is 20.9 Å². The van der Waals surface area contributed by atoms with E-state index in [9.17, 15) is 13.2 Å². The Bertz CT molecular complexity index is 1330. The number of carbonyl (C=O) groups is 1. The van der Waals surface area contributed by atoms with Gasteiger partial charge in [-0.2, -0.15) is 0 Å². The van der Waals surface area contributed by atoms with Crippen molar-refractivity contribution in [3.8, 4) is 0 Å². The summed E-state index contributed by atoms with van der Waals surface area (Å²) in [6, 6.07) is 21.7. The monoisotopic (exact) mass is 514 g/mol. The molecule has 0 aliphatic carbocycles. The van der Waals surface area contributed by atoms with Gasteiger partial charge in [0.05, 0.1) is 21.7 Å². The molecule has 158 valence electrons. The molecule has 0 unspecified atom stereocenters. The minimum atomic E-state index is -3.78. The van der Waals surface area contributed by atoms with E-state index in [1.54, 1.807) is 12.1 Å². The van der Waals surface area contributed by atoms with Crippen molar-refractivity contribution in [3.05, 3.63) is 88.4 Å². The molecule has 3 aromatic carbocycles. The highest BCUT2D eigenvalue weighted by molar-refractivity contribution is 9.10. The number of carbonyl (C=O) groups excluding carboxylic acids is 1. The number of halogens is 1. The number of hydrogen-bond donors (Lipinski definition) is 0. The fourth-order valence-electron chi connectivity index (χ4n) is 3.10. The second-order valence-electron chi connectivity index (χ2n) is 7.15. The molecule has 0 aliphatic rings. The molecule has 0 atom stereocenters. The predicted molar refractivity (Wildman–Crippen MR) is 128 cm³/mol. The molecule has 0 saturated heterocycles. The molecule has 0 fully saturated rings. The van der Waals surface area contributed by atoms with E-state index in [0.717, 1.165) is 25.8 Å². The lowest BCUT2D eigenvalue weighted by molar-refractivity contribution is -0.116. The Kier molecular flexibility index (Phi) is 6.22. The number of sulfone groups is 1. The molecule has 0 radical (unpaired) electrons. The van der Waals surface area contributed by atoms with Crippen LogP contribution in [0.2, 0.25) is 0 Å². The standard InChI is InChI=1S/C23H19BrN2O3S2/c1-16-7-10-19(11-8-16)31(28,29)15-22(27)26(14-17-5-3-2-4-6-17)23-25-20-12-9-18(24)13-21(20)30-23/h2-13H,14-15H2,1H3. The van der Waals surface area contributed by atoms with Crippen LogP contribution in [0.15, 0.2) is 82.2 Å². The lowest BCUT2D eigenvalue weighted by atomic mass is 10.2. The number of benzene rings is 3. The van der Waals surface area contributed by atoms with Gasteiger partial charge in [0.1, 0.15) is 5.75 Å². The van der Waals surface area contributed by atoms with Gasteiger partial charge in [-0.25, -0.2) is 13.4 Å². The fourth-order valence-corrected chi connectivity index (χ4v) is 5.83. The second kappa shape index (κ2) is 8.90. The number of fused-ring (bicyclic) bond motifs is 1. The van der Waals surface area contributed by atoms with E-state index < -0.39 is 21.5 Å². The first-order chi connectivity index (χ1) is 14.8. The zero-order chi connectivity index (χ0) is 22.0. The summed E-state index contributed by atoms with van der Waals surface area (Å²) in [6.45, 7) is 2.12. The lowest BCUT2D eigenvalue weighted by Crippen LogP contribution is -2.35. The van der Waals surface area contributed by atoms with Crippen LogP contribution in [0.1, 0.15) is 11.1 Å². The van der Waals surface area contributed by atoms with Crippen LogP contribution in [0.3, 0.4) is 0 Å². The van der Waals surface area contributed by atoms with Gasteiger partial charge in [0.25, 0.3) is 0 Å². The van der Waals surface area contributed by atoms with Crippen molar-refractivity contribution >= 4 is 58.4 Å². The minimum absolute atomic E-state index is 0.138. The van der Waals surface area contributed by atoms with Gasteiger partial charge in [0.15, 0.2) is 15.0 Å². The number of rotatable bonds is 6. The van der Waals surface area contributed by atoms with Crippen molar-refractivity contribution in [2.75, 3.05) is 10.7 Å². The number of amides is 1. The van der Waals surface area contributed by atoms with Gasteiger partial charge >= 0.3 is 0 Å². The van der Waals surface area contributed by atoms with Crippen molar-refractivity contribution in [2.45, 2.75) is 18.4 Å². The zero-order valence-electron chi connectivity index (χ0n) is 16.7.